The van der Waals surface area contributed by atoms with Gasteiger partial charge in [-0.25, -0.2) is 0 Å². The fourth-order valence-electron chi connectivity index (χ4n) is 7.02. The molecule has 9 rings (SSSR count). The highest BCUT2D eigenvalue weighted by molar-refractivity contribution is 6.24. The van der Waals surface area contributed by atoms with Crippen LogP contribution in [0.3, 0.4) is 0 Å². The Morgan fingerprint density at radius 2 is 1.23 bits per heavy atom. The molecule has 3 nitrogen and oxygen atoms in total. The molecule has 3 heterocycles. The van der Waals surface area contributed by atoms with Crippen LogP contribution in [-0.2, 0) is 6.42 Å². The number of nitrogens with zero attached hydrogens (tertiary/aromatic N) is 2. The topological polar surface area (TPSA) is 21.4 Å². The molecule has 1 unspecified atom stereocenters. The lowest BCUT2D eigenvalue weighted by molar-refractivity contribution is 0.718. The lowest BCUT2D eigenvalue weighted by atomic mass is 9.93. The molecule has 1 atom stereocenters. The maximum absolute atomic E-state index is 3.72. The average molecular weight is 514 g/mol. The highest BCUT2D eigenvalue weighted by Gasteiger charge is 2.21. The van der Waals surface area contributed by atoms with E-state index in [-0.39, 0.29) is 0 Å². The van der Waals surface area contributed by atoms with Gasteiger partial charge in [0.15, 0.2) is 0 Å². The molecule has 3 heteroatoms. The van der Waals surface area contributed by atoms with Crippen molar-refractivity contribution in [1.82, 2.24) is 8.97 Å². The minimum absolute atomic E-state index is 0.567. The van der Waals surface area contributed by atoms with Crippen LogP contribution in [0.5, 0.6) is 0 Å². The van der Waals surface area contributed by atoms with E-state index in [1.165, 1.54) is 65.9 Å². The summed E-state index contributed by atoms with van der Waals surface area (Å²) in [5, 5.41) is 10.2. The van der Waals surface area contributed by atoms with Crippen LogP contribution in [0.4, 0.5) is 11.4 Å². The molecular formula is C37H27N3. The minimum atomic E-state index is 0.567. The number of nitrogens with one attached hydrogen (secondary N) is 1. The van der Waals surface area contributed by atoms with Gasteiger partial charge in [-0.2, -0.15) is 0 Å². The summed E-state index contributed by atoms with van der Waals surface area (Å²) in [6.45, 7) is 2.30. The molecule has 5 aromatic carbocycles. The first-order valence-corrected chi connectivity index (χ1v) is 14.1. The van der Waals surface area contributed by atoms with Gasteiger partial charge < -0.3 is 14.3 Å². The van der Waals surface area contributed by atoms with Gasteiger partial charge in [0.25, 0.3) is 0 Å². The second-order valence-electron chi connectivity index (χ2n) is 11.2. The standard InChI is InChI=1S/C37H27N3/c1-23-14-19-36-30(20-23)27-8-2-5-11-33(27)39(36)26-17-15-24(16-18-26)38-25-21-31-28-9-3-6-12-34(28)40-35-13-7-4-10-29(35)32(22-25)37(31)40/h2-19,21-23,38H,20H2,1H3. The van der Waals surface area contributed by atoms with E-state index in [2.05, 4.69) is 143 Å². The molecule has 1 aliphatic carbocycles. The van der Waals surface area contributed by atoms with Crippen LogP contribution in [0.15, 0.2) is 115 Å². The number of anilines is 2. The van der Waals surface area contributed by atoms with E-state index >= 15 is 0 Å². The average Bonchev–Trinajstić information content (AvgIpc) is 3.62. The van der Waals surface area contributed by atoms with Crippen molar-refractivity contribution in [2.75, 3.05) is 5.32 Å². The van der Waals surface area contributed by atoms with Gasteiger partial charge in [0.05, 0.1) is 22.1 Å². The Morgan fingerprint density at radius 3 is 1.90 bits per heavy atom. The summed E-state index contributed by atoms with van der Waals surface area (Å²) in [6.07, 6.45) is 5.73. The Labute approximate surface area is 231 Å². The van der Waals surface area contributed by atoms with Gasteiger partial charge in [-0.1, -0.05) is 67.6 Å². The first-order chi connectivity index (χ1) is 19.7. The van der Waals surface area contributed by atoms with Crippen LogP contribution < -0.4 is 5.32 Å². The van der Waals surface area contributed by atoms with Gasteiger partial charge >= 0.3 is 0 Å². The third-order valence-electron chi connectivity index (χ3n) is 8.75. The molecule has 0 bridgehead atoms. The summed E-state index contributed by atoms with van der Waals surface area (Å²) >= 11 is 0. The zero-order chi connectivity index (χ0) is 26.4. The van der Waals surface area contributed by atoms with E-state index in [1.807, 2.05) is 0 Å². The molecule has 8 aromatic rings. The highest BCUT2D eigenvalue weighted by atomic mass is 15.0. The lowest BCUT2D eigenvalue weighted by Crippen LogP contribution is -2.05. The number of allylic oxidation sites excluding steroid dienone is 1. The molecule has 0 saturated carbocycles. The van der Waals surface area contributed by atoms with Crippen LogP contribution in [0.25, 0.3) is 60.8 Å². The van der Waals surface area contributed by atoms with Gasteiger partial charge in [-0.15, -0.1) is 0 Å². The number of hydrogen-bond acceptors (Lipinski definition) is 1. The van der Waals surface area contributed by atoms with E-state index in [0.29, 0.717) is 5.92 Å². The third-order valence-corrected chi connectivity index (χ3v) is 8.75. The number of hydrogen-bond donors (Lipinski definition) is 1. The predicted octanol–water partition coefficient (Wildman–Crippen LogP) is 9.73. The van der Waals surface area contributed by atoms with Gasteiger partial charge in [0.1, 0.15) is 0 Å². The Hall–Kier alpha value is -5.02. The summed E-state index contributed by atoms with van der Waals surface area (Å²) in [7, 11) is 0. The van der Waals surface area contributed by atoms with Crippen molar-refractivity contribution < 1.29 is 0 Å². The summed E-state index contributed by atoms with van der Waals surface area (Å²) in [5.41, 5.74) is 11.2. The number of rotatable bonds is 3. The molecule has 3 aromatic heterocycles. The lowest BCUT2D eigenvalue weighted by Gasteiger charge is -2.16. The second kappa shape index (κ2) is 8.00. The second-order valence-corrected chi connectivity index (χ2v) is 11.2. The molecule has 0 spiro atoms. The fraction of sp³-hybridized carbons (Fsp3) is 0.0811. The Kier molecular flexibility index (Phi) is 4.37. The van der Waals surface area contributed by atoms with Crippen molar-refractivity contribution in [3.8, 4) is 5.69 Å². The smallest absolute Gasteiger partial charge is 0.0622 e. The van der Waals surface area contributed by atoms with Crippen molar-refractivity contribution in [1.29, 1.82) is 0 Å². The van der Waals surface area contributed by atoms with Crippen LogP contribution in [-0.4, -0.2) is 8.97 Å². The van der Waals surface area contributed by atoms with E-state index < -0.39 is 0 Å². The van der Waals surface area contributed by atoms with Gasteiger partial charge in [-0.3, -0.25) is 0 Å². The van der Waals surface area contributed by atoms with E-state index in [4.69, 9.17) is 0 Å². The normalized spacial score (nSPS) is 15.2. The molecule has 40 heavy (non-hydrogen) atoms. The quantitative estimate of drug-likeness (QED) is 0.249. The Bertz CT molecular complexity index is 2190. The first-order valence-electron chi connectivity index (χ1n) is 14.1. The minimum Gasteiger partial charge on any atom is -0.355 e. The Morgan fingerprint density at radius 1 is 0.625 bits per heavy atom. The number of para-hydroxylation sites is 3. The van der Waals surface area contributed by atoms with E-state index in [9.17, 15) is 0 Å². The van der Waals surface area contributed by atoms with Gasteiger partial charge in [-0.05, 0) is 78.6 Å². The van der Waals surface area contributed by atoms with Gasteiger partial charge in [0, 0.05) is 49.7 Å². The summed E-state index contributed by atoms with van der Waals surface area (Å²) in [4.78, 5) is 0. The maximum atomic E-state index is 3.72. The molecule has 0 fully saturated rings. The number of fused-ring (bicyclic) bond motifs is 9. The predicted molar refractivity (Wildman–Crippen MR) is 170 cm³/mol. The zero-order valence-electron chi connectivity index (χ0n) is 22.2. The molecule has 0 radical (unpaired) electrons. The molecule has 1 N–H and O–H groups in total. The van der Waals surface area contributed by atoms with Crippen molar-refractivity contribution >= 4 is 66.4 Å². The first kappa shape index (κ1) is 21.9. The zero-order valence-corrected chi connectivity index (χ0v) is 22.2. The van der Waals surface area contributed by atoms with Crippen molar-refractivity contribution in [3.05, 3.63) is 127 Å². The molecule has 0 amide bonds. The molecular weight excluding hydrogens is 486 g/mol. The van der Waals surface area contributed by atoms with E-state index in [0.717, 1.165) is 17.8 Å². The maximum Gasteiger partial charge on any atom is 0.0622 e. The van der Waals surface area contributed by atoms with Crippen LogP contribution in [0, 0.1) is 5.92 Å². The fourth-order valence-corrected chi connectivity index (χ4v) is 7.02. The summed E-state index contributed by atoms with van der Waals surface area (Å²) in [6, 6.07) is 39.8. The van der Waals surface area contributed by atoms with E-state index in [1.54, 1.807) is 0 Å². The van der Waals surface area contributed by atoms with Crippen molar-refractivity contribution in [2.24, 2.45) is 5.92 Å². The van der Waals surface area contributed by atoms with Crippen LogP contribution in [0.2, 0.25) is 0 Å². The van der Waals surface area contributed by atoms with Crippen LogP contribution >= 0.6 is 0 Å². The number of aromatic nitrogens is 2. The van der Waals surface area contributed by atoms with Crippen molar-refractivity contribution in [2.45, 2.75) is 13.3 Å². The molecule has 1 aliphatic rings. The SMILES string of the molecule is CC1C=Cc2c(c3ccccc3n2-c2ccc(Nc3cc4c5ccccc5n5c6ccccc6c(c3)c45)cc2)C1. The summed E-state index contributed by atoms with van der Waals surface area (Å²) in [5.74, 6) is 0.567. The van der Waals surface area contributed by atoms with Gasteiger partial charge in [0.2, 0.25) is 0 Å². The highest BCUT2D eigenvalue weighted by Crippen LogP contribution is 2.41. The van der Waals surface area contributed by atoms with Crippen LogP contribution in [0.1, 0.15) is 18.2 Å². The number of benzene rings is 5. The third kappa shape index (κ3) is 2.95. The Balaban J connectivity index is 1.16. The molecule has 0 aliphatic heterocycles. The monoisotopic (exact) mass is 513 g/mol. The van der Waals surface area contributed by atoms with Crippen molar-refractivity contribution in [3.63, 3.8) is 0 Å². The molecule has 0 saturated heterocycles. The summed E-state index contributed by atoms with van der Waals surface area (Å²) < 4.78 is 4.83. The molecule has 190 valence electrons. The largest absolute Gasteiger partial charge is 0.355 e.